The van der Waals surface area contributed by atoms with Crippen LogP contribution in [0.4, 0.5) is 0 Å². The summed E-state index contributed by atoms with van der Waals surface area (Å²) in [4.78, 5) is 29.0. The van der Waals surface area contributed by atoms with Crippen LogP contribution in [0.1, 0.15) is 38.1 Å². The summed E-state index contributed by atoms with van der Waals surface area (Å²) in [7, 11) is 0. The molecule has 28 heavy (non-hydrogen) atoms. The van der Waals surface area contributed by atoms with E-state index in [0.29, 0.717) is 33.1 Å². The second-order valence-corrected chi connectivity index (χ2v) is 7.78. The maximum absolute atomic E-state index is 13.0. The second-order valence-electron chi connectivity index (χ2n) is 6.42. The van der Waals surface area contributed by atoms with Crippen LogP contribution in [0.5, 0.6) is 5.75 Å². The zero-order valence-electron chi connectivity index (χ0n) is 15.4. The van der Waals surface area contributed by atoms with Crippen molar-refractivity contribution in [3.05, 3.63) is 67.6 Å². The highest BCUT2D eigenvalue weighted by molar-refractivity contribution is 9.10. The fraction of sp³-hybridized carbons (Fsp3) is 0.200. The van der Waals surface area contributed by atoms with E-state index in [9.17, 15) is 9.59 Å². The molecule has 0 aliphatic carbocycles. The zero-order chi connectivity index (χ0) is 20.4. The number of rotatable bonds is 4. The van der Waals surface area contributed by atoms with Gasteiger partial charge in [-0.2, -0.15) is 9.78 Å². The number of fused-ring (bicyclic) bond motifs is 1. The van der Waals surface area contributed by atoms with Gasteiger partial charge in [-0.3, -0.25) is 9.59 Å². The normalized spacial score (nSPS) is 11.5. The molecule has 1 heterocycles. The molecule has 3 aromatic rings. The molecule has 0 fully saturated rings. The molecule has 0 saturated heterocycles. The molecule has 1 aromatic heterocycles. The number of carbonyl (C=O) groups excluding carboxylic acids is 1. The molecule has 0 aliphatic heterocycles. The monoisotopic (exact) mass is 461 g/mol. The minimum atomic E-state index is -0.464. The molecular formula is C20H17BrClN3O3. The summed E-state index contributed by atoms with van der Waals surface area (Å²) in [5, 5.41) is 5.24. The summed E-state index contributed by atoms with van der Waals surface area (Å²) in [6, 6.07) is 10.1. The fourth-order valence-electron chi connectivity index (χ4n) is 2.64. The Bertz CT molecular complexity index is 1160. The van der Waals surface area contributed by atoms with Gasteiger partial charge in [0.05, 0.1) is 17.1 Å². The number of hydrogen-bond acceptors (Lipinski definition) is 5. The SMILES string of the molecule is CC(=O)Oc1ccc(Cl)cc1C=Nn1c(C(C)C)nc2ccc(Br)cc2c1=O. The van der Waals surface area contributed by atoms with Gasteiger partial charge in [-0.15, -0.1) is 0 Å². The van der Waals surface area contributed by atoms with Crippen molar-refractivity contribution < 1.29 is 9.53 Å². The van der Waals surface area contributed by atoms with Crippen LogP contribution >= 0.6 is 27.5 Å². The minimum absolute atomic E-state index is 0.0369. The molecule has 3 rings (SSSR count). The van der Waals surface area contributed by atoms with Crippen LogP contribution in [-0.2, 0) is 4.79 Å². The average Bonchev–Trinajstić information content (AvgIpc) is 2.62. The molecule has 0 unspecified atom stereocenters. The third-order valence-corrected chi connectivity index (χ3v) is 4.62. The first kappa shape index (κ1) is 20.2. The highest BCUT2D eigenvalue weighted by atomic mass is 79.9. The summed E-state index contributed by atoms with van der Waals surface area (Å²) in [6.07, 6.45) is 1.43. The van der Waals surface area contributed by atoms with Gasteiger partial charge in [0.1, 0.15) is 11.6 Å². The molecule has 0 radical (unpaired) electrons. The summed E-state index contributed by atoms with van der Waals surface area (Å²) in [5.74, 6) is 0.322. The van der Waals surface area contributed by atoms with Gasteiger partial charge in [0.15, 0.2) is 0 Å². The molecule has 6 nitrogen and oxygen atoms in total. The van der Waals surface area contributed by atoms with E-state index >= 15 is 0 Å². The Hall–Kier alpha value is -2.51. The van der Waals surface area contributed by atoms with E-state index in [2.05, 4.69) is 26.0 Å². The van der Waals surface area contributed by atoms with Gasteiger partial charge in [-0.1, -0.05) is 41.4 Å². The highest BCUT2D eigenvalue weighted by Crippen LogP contribution is 2.22. The Morgan fingerprint density at radius 2 is 2.04 bits per heavy atom. The number of esters is 1. The third kappa shape index (κ3) is 4.31. The van der Waals surface area contributed by atoms with Crippen molar-refractivity contribution in [2.75, 3.05) is 0 Å². The number of halogens is 2. The molecule has 0 bridgehead atoms. The molecule has 0 atom stereocenters. The Kier molecular flexibility index (Phi) is 5.96. The van der Waals surface area contributed by atoms with E-state index in [0.717, 1.165) is 4.47 Å². The number of aromatic nitrogens is 2. The van der Waals surface area contributed by atoms with E-state index in [-0.39, 0.29) is 11.5 Å². The molecular weight excluding hydrogens is 446 g/mol. The summed E-state index contributed by atoms with van der Waals surface area (Å²) in [5.41, 5.74) is 0.785. The number of carbonyl (C=O) groups is 1. The maximum Gasteiger partial charge on any atom is 0.308 e. The molecule has 0 amide bonds. The van der Waals surface area contributed by atoms with Crippen molar-refractivity contribution >= 4 is 50.6 Å². The van der Waals surface area contributed by atoms with Crippen molar-refractivity contribution in [3.63, 3.8) is 0 Å². The summed E-state index contributed by atoms with van der Waals surface area (Å²) < 4.78 is 7.22. The number of nitrogens with zero attached hydrogens (tertiary/aromatic N) is 3. The molecule has 0 aliphatic rings. The highest BCUT2D eigenvalue weighted by Gasteiger charge is 2.14. The minimum Gasteiger partial charge on any atom is -0.426 e. The van der Waals surface area contributed by atoms with E-state index in [4.69, 9.17) is 16.3 Å². The number of ether oxygens (including phenoxy) is 1. The average molecular weight is 463 g/mol. The van der Waals surface area contributed by atoms with Gasteiger partial charge >= 0.3 is 5.97 Å². The van der Waals surface area contributed by atoms with Crippen LogP contribution in [-0.4, -0.2) is 21.8 Å². The van der Waals surface area contributed by atoms with Gasteiger partial charge in [0.2, 0.25) is 0 Å². The fourth-order valence-corrected chi connectivity index (χ4v) is 3.18. The number of benzene rings is 2. The van der Waals surface area contributed by atoms with E-state index in [1.807, 2.05) is 19.9 Å². The quantitative estimate of drug-likeness (QED) is 0.319. The molecule has 2 aromatic carbocycles. The maximum atomic E-state index is 13.0. The molecule has 8 heteroatoms. The Morgan fingerprint density at radius 3 is 2.71 bits per heavy atom. The zero-order valence-corrected chi connectivity index (χ0v) is 17.8. The lowest BCUT2D eigenvalue weighted by atomic mass is 10.2. The molecule has 0 spiro atoms. The lowest BCUT2D eigenvalue weighted by Crippen LogP contribution is -2.23. The van der Waals surface area contributed by atoms with Crippen LogP contribution in [0.3, 0.4) is 0 Å². The van der Waals surface area contributed by atoms with Gasteiger partial charge in [0, 0.05) is 27.9 Å². The smallest absolute Gasteiger partial charge is 0.308 e. The van der Waals surface area contributed by atoms with Crippen LogP contribution in [0, 0.1) is 0 Å². The van der Waals surface area contributed by atoms with Crippen LogP contribution in [0.15, 0.2) is 50.8 Å². The molecule has 0 saturated carbocycles. The topological polar surface area (TPSA) is 73.5 Å². The standard InChI is InChI=1S/C20H17BrClN3O3/c1-11(2)19-24-17-6-4-14(21)9-16(17)20(27)25(19)23-10-13-8-15(22)5-7-18(13)28-12(3)26/h4-11H,1-3H3. The predicted molar refractivity (Wildman–Crippen MR) is 114 cm³/mol. The lowest BCUT2D eigenvalue weighted by Gasteiger charge is -2.12. The van der Waals surface area contributed by atoms with Crippen LogP contribution in [0.2, 0.25) is 5.02 Å². The number of hydrogen-bond donors (Lipinski definition) is 0. The van der Waals surface area contributed by atoms with Crippen molar-refractivity contribution in [2.45, 2.75) is 26.7 Å². The Balaban J connectivity index is 2.18. The van der Waals surface area contributed by atoms with Gasteiger partial charge in [0.25, 0.3) is 5.56 Å². The van der Waals surface area contributed by atoms with Crippen molar-refractivity contribution in [1.29, 1.82) is 0 Å². The lowest BCUT2D eigenvalue weighted by molar-refractivity contribution is -0.131. The first-order valence-corrected chi connectivity index (χ1v) is 9.68. The van der Waals surface area contributed by atoms with Gasteiger partial charge < -0.3 is 4.74 Å². The first-order chi connectivity index (χ1) is 13.3. The predicted octanol–water partition coefficient (Wildman–Crippen LogP) is 4.74. The van der Waals surface area contributed by atoms with E-state index in [1.54, 1.807) is 30.3 Å². The Morgan fingerprint density at radius 1 is 1.29 bits per heavy atom. The van der Waals surface area contributed by atoms with Crippen molar-refractivity contribution in [3.8, 4) is 5.75 Å². The van der Waals surface area contributed by atoms with Crippen molar-refractivity contribution in [2.24, 2.45) is 5.10 Å². The third-order valence-electron chi connectivity index (χ3n) is 3.89. The van der Waals surface area contributed by atoms with Crippen LogP contribution in [0.25, 0.3) is 10.9 Å². The van der Waals surface area contributed by atoms with Gasteiger partial charge in [-0.25, -0.2) is 4.98 Å². The van der Waals surface area contributed by atoms with E-state index in [1.165, 1.54) is 17.8 Å². The largest absolute Gasteiger partial charge is 0.426 e. The first-order valence-electron chi connectivity index (χ1n) is 8.51. The van der Waals surface area contributed by atoms with E-state index < -0.39 is 5.97 Å². The second kappa shape index (κ2) is 8.24. The summed E-state index contributed by atoms with van der Waals surface area (Å²) >= 11 is 9.43. The Labute approximate surface area is 174 Å². The van der Waals surface area contributed by atoms with Crippen LogP contribution < -0.4 is 10.3 Å². The van der Waals surface area contributed by atoms with Gasteiger partial charge in [-0.05, 0) is 36.4 Å². The molecule has 0 N–H and O–H groups in total. The summed E-state index contributed by atoms with van der Waals surface area (Å²) in [6.45, 7) is 5.17. The molecule has 144 valence electrons. The van der Waals surface area contributed by atoms with Crippen molar-refractivity contribution in [1.82, 2.24) is 9.66 Å².